The van der Waals surface area contributed by atoms with Crippen LogP contribution in [-0.2, 0) is 0 Å². The number of aromatic nitrogens is 3. The predicted molar refractivity (Wildman–Crippen MR) is 220 cm³/mol. The monoisotopic (exact) mass is 691 g/mol. The molecule has 4 heterocycles. The summed E-state index contributed by atoms with van der Waals surface area (Å²) in [5, 5.41) is 8.15. The lowest BCUT2D eigenvalue weighted by Gasteiger charge is -2.12. The highest BCUT2D eigenvalue weighted by Gasteiger charge is 2.25. The molecule has 0 amide bonds. The molecule has 6 heteroatoms. The van der Waals surface area contributed by atoms with Crippen molar-refractivity contribution in [2.24, 2.45) is 0 Å². The smallest absolute Gasteiger partial charge is 0.160 e. The molecule has 11 rings (SSSR count). The molecule has 0 saturated carbocycles. The summed E-state index contributed by atoms with van der Waals surface area (Å²) < 4.78 is 11.6. The maximum Gasteiger partial charge on any atom is 0.160 e. The Balaban J connectivity index is 0.00000161. The number of hydrogen-bond acceptors (Lipinski definition) is 5. The Hall–Kier alpha value is -5.95. The van der Waals surface area contributed by atoms with Gasteiger partial charge in [-0.1, -0.05) is 115 Å². The van der Waals surface area contributed by atoms with E-state index in [0.717, 1.165) is 60.9 Å². The third-order valence-corrected chi connectivity index (χ3v) is 10.9. The number of nitrogens with zero attached hydrogens (tertiary/aromatic N) is 3. The van der Waals surface area contributed by atoms with Gasteiger partial charge < -0.3 is 8.98 Å². The standard InChI is InChI=1S/C44H25N3OS.CH4S/c1-2-13-26(14-3-1)40-29-17-4-8-21-33(29)45-44(46-40)27-15-12-16-28(25-27)47-34-22-9-5-18-30(34)37-38-31-19-6-10-23-35(31)48-42(38)39-32-20-7-11-24-36(32)49-43(39)41(37)47;1-2/h1-25H;2H,1H3. The summed E-state index contributed by atoms with van der Waals surface area (Å²) in [6.07, 6.45) is 1.69. The molecule has 0 atom stereocenters. The van der Waals surface area contributed by atoms with Crippen molar-refractivity contribution in [1.82, 2.24) is 14.5 Å². The van der Waals surface area contributed by atoms with Crippen molar-refractivity contribution in [2.75, 3.05) is 6.26 Å². The molecule has 0 aliphatic heterocycles. The van der Waals surface area contributed by atoms with Gasteiger partial charge >= 0.3 is 0 Å². The molecule has 4 aromatic heterocycles. The molecule has 0 bridgehead atoms. The van der Waals surface area contributed by atoms with Crippen LogP contribution in [-0.4, -0.2) is 20.8 Å². The zero-order valence-corrected chi connectivity index (χ0v) is 29.3. The second kappa shape index (κ2) is 11.8. The van der Waals surface area contributed by atoms with Crippen molar-refractivity contribution < 1.29 is 4.42 Å². The molecule has 242 valence electrons. The molecular weight excluding hydrogens is 663 g/mol. The normalized spacial score (nSPS) is 11.7. The van der Waals surface area contributed by atoms with E-state index in [1.165, 1.54) is 36.5 Å². The van der Waals surface area contributed by atoms with Gasteiger partial charge in [0.15, 0.2) is 5.82 Å². The van der Waals surface area contributed by atoms with E-state index in [0.29, 0.717) is 5.82 Å². The van der Waals surface area contributed by atoms with Gasteiger partial charge in [-0.05, 0) is 42.7 Å². The molecule has 0 aliphatic rings. The van der Waals surface area contributed by atoms with Gasteiger partial charge in [0.2, 0.25) is 0 Å². The van der Waals surface area contributed by atoms with Crippen molar-refractivity contribution >= 4 is 98.8 Å². The van der Waals surface area contributed by atoms with Crippen molar-refractivity contribution in [1.29, 1.82) is 0 Å². The molecular formula is C45H29N3OS2. The summed E-state index contributed by atoms with van der Waals surface area (Å²) >= 11 is 5.36. The number of hydrogen-bond donors (Lipinski definition) is 1. The average Bonchev–Trinajstić information content (AvgIpc) is 3.88. The van der Waals surface area contributed by atoms with E-state index in [4.69, 9.17) is 14.4 Å². The Labute approximate surface area is 302 Å². The van der Waals surface area contributed by atoms with E-state index >= 15 is 0 Å². The van der Waals surface area contributed by atoms with Gasteiger partial charge in [0.05, 0.1) is 26.9 Å². The van der Waals surface area contributed by atoms with E-state index in [9.17, 15) is 0 Å². The fourth-order valence-corrected chi connectivity index (χ4v) is 8.93. The largest absolute Gasteiger partial charge is 0.455 e. The lowest BCUT2D eigenvalue weighted by Crippen LogP contribution is -1.98. The molecule has 0 aliphatic carbocycles. The highest BCUT2D eigenvalue weighted by molar-refractivity contribution is 7.79. The van der Waals surface area contributed by atoms with Crippen LogP contribution < -0.4 is 0 Å². The summed E-state index contributed by atoms with van der Waals surface area (Å²) in [7, 11) is 0. The van der Waals surface area contributed by atoms with Crippen LogP contribution in [0.1, 0.15) is 0 Å². The van der Waals surface area contributed by atoms with Gasteiger partial charge in [0.25, 0.3) is 0 Å². The molecule has 7 aromatic carbocycles. The van der Waals surface area contributed by atoms with Crippen LogP contribution >= 0.6 is 24.0 Å². The predicted octanol–water partition coefficient (Wildman–Crippen LogP) is 12.9. The Kier molecular flexibility index (Phi) is 6.94. The summed E-state index contributed by atoms with van der Waals surface area (Å²) in [5.74, 6) is 0.704. The fraction of sp³-hybridized carbons (Fsp3) is 0.0222. The molecule has 0 unspecified atom stereocenters. The lowest BCUT2D eigenvalue weighted by atomic mass is 10.0. The first-order chi connectivity index (χ1) is 25.3. The Morgan fingerprint density at radius 3 is 2.12 bits per heavy atom. The third-order valence-electron chi connectivity index (χ3n) is 9.77. The quantitative estimate of drug-likeness (QED) is 0.188. The van der Waals surface area contributed by atoms with Crippen LogP contribution in [0.2, 0.25) is 0 Å². The van der Waals surface area contributed by atoms with Crippen LogP contribution in [0, 0.1) is 0 Å². The van der Waals surface area contributed by atoms with E-state index in [1.807, 2.05) is 23.5 Å². The Morgan fingerprint density at radius 2 is 1.25 bits per heavy atom. The first-order valence-electron chi connectivity index (χ1n) is 16.9. The van der Waals surface area contributed by atoms with Crippen LogP contribution in [0.25, 0.3) is 103 Å². The van der Waals surface area contributed by atoms with E-state index < -0.39 is 0 Å². The zero-order valence-electron chi connectivity index (χ0n) is 27.5. The average molecular weight is 692 g/mol. The fourth-order valence-electron chi connectivity index (χ4n) is 7.69. The molecule has 0 fully saturated rings. The second-order valence-electron chi connectivity index (χ2n) is 12.5. The first-order valence-corrected chi connectivity index (χ1v) is 18.6. The minimum absolute atomic E-state index is 0.704. The minimum atomic E-state index is 0.704. The van der Waals surface area contributed by atoms with Gasteiger partial charge in [0.1, 0.15) is 11.2 Å². The maximum atomic E-state index is 6.74. The SMILES string of the molecule is CS.c1ccc(-c2nc(-c3cccc(-n4c5ccccc5c5c6c7ccccc7oc6c6c7ccccc7sc6c54)c3)nc3ccccc23)cc1. The second-order valence-corrected chi connectivity index (χ2v) is 13.6. The van der Waals surface area contributed by atoms with Crippen molar-refractivity contribution in [3.63, 3.8) is 0 Å². The molecule has 4 nitrogen and oxygen atoms in total. The van der Waals surface area contributed by atoms with Crippen LogP contribution in [0.5, 0.6) is 0 Å². The number of thiophene rings is 1. The number of thiol groups is 1. The topological polar surface area (TPSA) is 43.9 Å². The number of para-hydroxylation sites is 3. The summed E-state index contributed by atoms with van der Waals surface area (Å²) in [6.45, 7) is 0. The number of rotatable bonds is 3. The van der Waals surface area contributed by atoms with E-state index in [2.05, 4.69) is 157 Å². The van der Waals surface area contributed by atoms with Crippen LogP contribution in [0.15, 0.2) is 156 Å². The molecule has 0 spiro atoms. The third kappa shape index (κ3) is 4.47. The summed E-state index contributed by atoms with van der Waals surface area (Å²) in [6, 6.07) is 53.2. The molecule has 0 radical (unpaired) electrons. The first kappa shape index (κ1) is 29.9. The highest BCUT2D eigenvalue weighted by Crippen LogP contribution is 2.50. The van der Waals surface area contributed by atoms with E-state index in [-0.39, 0.29) is 0 Å². The number of benzene rings is 7. The lowest BCUT2D eigenvalue weighted by molar-refractivity contribution is 0.673. The molecule has 11 aromatic rings. The summed E-state index contributed by atoms with van der Waals surface area (Å²) in [5.41, 5.74) is 9.16. The van der Waals surface area contributed by atoms with Gasteiger partial charge in [-0.15, -0.1) is 11.3 Å². The highest BCUT2D eigenvalue weighted by atomic mass is 32.1. The molecule has 0 N–H and O–H groups in total. The van der Waals surface area contributed by atoms with Gasteiger partial charge in [-0.2, -0.15) is 12.6 Å². The van der Waals surface area contributed by atoms with Crippen molar-refractivity contribution in [3.05, 3.63) is 152 Å². The van der Waals surface area contributed by atoms with Crippen LogP contribution in [0.4, 0.5) is 0 Å². The maximum absolute atomic E-state index is 6.74. The van der Waals surface area contributed by atoms with Crippen molar-refractivity contribution in [3.8, 4) is 28.3 Å². The Bertz CT molecular complexity index is 3120. The molecule has 0 saturated heterocycles. The van der Waals surface area contributed by atoms with Gasteiger partial charge in [0, 0.05) is 59.2 Å². The molecule has 51 heavy (non-hydrogen) atoms. The number of fused-ring (bicyclic) bond motifs is 13. The summed E-state index contributed by atoms with van der Waals surface area (Å²) in [4.78, 5) is 10.3. The number of furan rings is 1. The van der Waals surface area contributed by atoms with E-state index in [1.54, 1.807) is 6.26 Å². The van der Waals surface area contributed by atoms with Crippen molar-refractivity contribution in [2.45, 2.75) is 0 Å². The zero-order chi connectivity index (χ0) is 34.1. The van der Waals surface area contributed by atoms with Gasteiger partial charge in [-0.25, -0.2) is 9.97 Å². The van der Waals surface area contributed by atoms with Gasteiger partial charge in [-0.3, -0.25) is 0 Å². The minimum Gasteiger partial charge on any atom is -0.455 e. The van der Waals surface area contributed by atoms with Crippen LogP contribution in [0.3, 0.4) is 0 Å². The Morgan fingerprint density at radius 1 is 0.569 bits per heavy atom.